The molecule has 0 saturated carbocycles. The van der Waals surface area contributed by atoms with Gasteiger partial charge in [0.1, 0.15) is 0 Å². The summed E-state index contributed by atoms with van der Waals surface area (Å²) < 4.78 is 2.44. The lowest BCUT2D eigenvalue weighted by Crippen LogP contribution is -2.36. The van der Waals surface area contributed by atoms with Gasteiger partial charge >= 0.3 is 0 Å². The summed E-state index contributed by atoms with van der Waals surface area (Å²) in [5.41, 5.74) is 3.11. The second-order valence-electron chi connectivity index (χ2n) is 8.84. The van der Waals surface area contributed by atoms with E-state index in [0.717, 1.165) is 0 Å². The van der Waals surface area contributed by atoms with Crippen molar-refractivity contribution in [2.45, 2.75) is 136 Å². The zero-order valence-corrected chi connectivity index (χ0v) is 19.1. The van der Waals surface area contributed by atoms with Crippen molar-refractivity contribution in [1.82, 2.24) is 0 Å². The minimum atomic E-state index is 0.562. The summed E-state index contributed by atoms with van der Waals surface area (Å²) in [7, 11) is 0. The molecule has 1 heteroatoms. The molecule has 27 heavy (non-hydrogen) atoms. The van der Waals surface area contributed by atoms with Gasteiger partial charge in [-0.3, -0.25) is 0 Å². The van der Waals surface area contributed by atoms with E-state index in [0.29, 0.717) is 6.04 Å². The van der Waals surface area contributed by atoms with Crippen LogP contribution in [0.2, 0.25) is 0 Å². The molecule has 156 valence electrons. The van der Waals surface area contributed by atoms with E-state index in [4.69, 9.17) is 0 Å². The fraction of sp³-hybridized carbons (Fsp3) is 0.808. The van der Waals surface area contributed by atoms with Crippen molar-refractivity contribution in [1.29, 1.82) is 0 Å². The monoisotopic (exact) mass is 374 g/mol. The second kappa shape index (κ2) is 16.1. The van der Waals surface area contributed by atoms with Crippen LogP contribution >= 0.6 is 0 Å². The zero-order valence-electron chi connectivity index (χ0n) is 19.1. The van der Waals surface area contributed by atoms with Gasteiger partial charge in [-0.25, -0.2) is 4.57 Å². The first-order valence-electron chi connectivity index (χ1n) is 12.2. The molecule has 0 radical (unpaired) electrons. The highest BCUT2D eigenvalue weighted by molar-refractivity contribution is 5.15. The van der Waals surface area contributed by atoms with E-state index in [2.05, 4.69) is 50.7 Å². The normalized spacial score (nSPS) is 11.4. The van der Waals surface area contributed by atoms with E-state index >= 15 is 0 Å². The molecule has 0 spiro atoms. The fourth-order valence-corrected chi connectivity index (χ4v) is 3.88. The van der Waals surface area contributed by atoms with E-state index in [1.165, 1.54) is 103 Å². The molecule has 0 aliphatic rings. The molecule has 0 aromatic carbocycles. The minimum Gasteiger partial charge on any atom is -0.203 e. The van der Waals surface area contributed by atoms with Crippen LogP contribution in [0.25, 0.3) is 0 Å². The number of rotatable bonds is 17. The lowest BCUT2D eigenvalue weighted by molar-refractivity contribution is -0.716. The Kier molecular flexibility index (Phi) is 14.5. The van der Waals surface area contributed by atoms with Crippen molar-refractivity contribution in [3.8, 4) is 0 Å². The minimum absolute atomic E-state index is 0.562. The number of hydrogen-bond acceptors (Lipinski definition) is 0. The highest BCUT2D eigenvalue weighted by atomic mass is 15.0. The summed E-state index contributed by atoms with van der Waals surface area (Å²) in [6, 6.07) is 3.05. The molecule has 0 unspecified atom stereocenters. The van der Waals surface area contributed by atoms with E-state index in [1.807, 2.05) is 0 Å². The highest BCUT2D eigenvalue weighted by Crippen LogP contribution is 2.14. The third-order valence-electron chi connectivity index (χ3n) is 5.73. The second-order valence-corrected chi connectivity index (χ2v) is 8.84. The first-order valence-corrected chi connectivity index (χ1v) is 12.2. The van der Waals surface area contributed by atoms with Gasteiger partial charge in [-0.2, -0.15) is 0 Å². The number of pyridine rings is 1. The summed E-state index contributed by atoms with van der Waals surface area (Å²) in [5, 5.41) is 0. The summed E-state index contributed by atoms with van der Waals surface area (Å²) >= 11 is 0. The van der Waals surface area contributed by atoms with Crippen LogP contribution < -0.4 is 4.57 Å². The Balaban J connectivity index is 2.37. The van der Waals surface area contributed by atoms with Crippen LogP contribution in [0.4, 0.5) is 0 Å². The Labute approximate surface area is 171 Å². The molecular weight excluding hydrogens is 326 g/mol. The molecule has 0 aliphatic carbocycles. The summed E-state index contributed by atoms with van der Waals surface area (Å²) in [6.07, 6.45) is 26.9. The van der Waals surface area contributed by atoms with Crippen LogP contribution in [0.3, 0.4) is 0 Å². The van der Waals surface area contributed by atoms with Crippen molar-refractivity contribution in [2.24, 2.45) is 0 Å². The van der Waals surface area contributed by atoms with E-state index in [9.17, 15) is 0 Å². The first kappa shape index (κ1) is 24.2. The Hall–Kier alpha value is -0.850. The number of aromatic nitrogens is 1. The van der Waals surface area contributed by atoms with Gasteiger partial charge in [-0.1, -0.05) is 90.9 Å². The van der Waals surface area contributed by atoms with Gasteiger partial charge in [-0.15, -0.1) is 0 Å². The summed E-state index contributed by atoms with van der Waals surface area (Å²) in [5.74, 6) is 0. The Morgan fingerprint density at radius 2 is 0.963 bits per heavy atom. The highest BCUT2D eigenvalue weighted by Gasteiger charge is 2.11. The maximum Gasteiger partial charge on any atom is 0.172 e. The van der Waals surface area contributed by atoms with Crippen molar-refractivity contribution < 1.29 is 4.57 Å². The third kappa shape index (κ3) is 12.3. The quantitative estimate of drug-likeness (QED) is 0.191. The molecule has 0 amide bonds. The molecule has 0 aliphatic heterocycles. The topological polar surface area (TPSA) is 3.88 Å². The van der Waals surface area contributed by atoms with E-state index in [-0.39, 0.29) is 0 Å². The number of aryl methyl sites for hydroxylation is 2. The van der Waals surface area contributed by atoms with Gasteiger partial charge in [0.2, 0.25) is 0 Å². The van der Waals surface area contributed by atoms with Gasteiger partial charge in [0.05, 0.1) is 0 Å². The molecule has 0 saturated heterocycles. The SMILES string of the molecule is CCCCCCCCCc1cc(CCCCCCCCC)c[n+](C(C)C)c1. The zero-order chi connectivity index (χ0) is 19.7. The molecule has 0 atom stereocenters. The van der Waals surface area contributed by atoms with E-state index in [1.54, 1.807) is 11.1 Å². The standard InChI is InChI=1S/C26H48N/c1-5-7-9-11-13-15-17-19-25-21-26(23-27(22-25)24(3)4)20-18-16-14-12-10-8-6-2/h21-24H,5-20H2,1-4H3/q+1. The lowest BCUT2D eigenvalue weighted by Gasteiger charge is -2.08. The van der Waals surface area contributed by atoms with Crippen molar-refractivity contribution in [3.63, 3.8) is 0 Å². The molecule has 1 aromatic rings. The smallest absolute Gasteiger partial charge is 0.172 e. The van der Waals surface area contributed by atoms with Gasteiger partial charge in [0.25, 0.3) is 0 Å². The van der Waals surface area contributed by atoms with E-state index < -0.39 is 0 Å². The number of nitrogens with zero attached hydrogens (tertiary/aromatic N) is 1. The van der Waals surface area contributed by atoms with Crippen LogP contribution in [0.5, 0.6) is 0 Å². The molecule has 1 rings (SSSR count). The van der Waals surface area contributed by atoms with Crippen LogP contribution in [-0.4, -0.2) is 0 Å². The van der Waals surface area contributed by atoms with Crippen molar-refractivity contribution >= 4 is 0 Å². The molecular formula is C26H48N+. The Bertz CT molecular complexity index is 427. The largest absolute Gasteiger partial charge is 0.203 e. The van der Waals surface area contributed by atoms with Crippen LogP contribution in [0, 0.1) is 0 Å². The number of unbranched alkanes of at least 4 members (excludes halogenated alkanes) is 12. The third-order valence-corrected chi connectivity index (χ3v) is 5.73. The van der Waals surface area contributed by atoms with Crippen molar-refractivity contribution in [2.75, 3.05) is 0 Å². The van der Waals surface area contributed by atoms with Gasteiger partial charge in [-0.05, 0) is 45.6 Å². The first-order chi connectivity index (χ1) is 13.2. The Morgan fingerprint density at radius 1 is 0.593 bits per heavy atom. The van der Waals surface area contributed by atoms with Crippen LogP contribution in [-0.2, 0) is 12.8 Å². The van der Waals surface area contributed by atoms with Crippen LogP contribution in [0.1, 0.15) is 135 Å². The molecule has 0 fully saturated rings. The average Bonchev–Trinajstić information content (AvgIpc) is 2.66. The summed E-state index contributed by atoms with van der Waals surface area (Å²) in [4.78, 5) is 0. The molecule has 0 bridgehead atoms. The maximum atomic E-state index is 2.49. The van der Waals surface area contributed by atoms with Crippen LogP contribution in [0.15, 0.2) is 18.5 Å². The van der Waals surface area contributed by atoms with Gasteiger partial charge in [0.15, 0.2) is 18.4 Å². The average molecular weight is 375 g/mol. The van der Waals surface area contributed by atoms with Crippen molar-refractivity contribution in [3.05, 3.63) is 29.6 Å². The predicted molar refractivity (Wildman–Crippen MR) is 120 cm³/mol. The molecule has 1 heterocycles. The Morgan fingerprint density at radius 3 is 1.33 bits per heavy atom. The molecule has 0 N–H and O–H groups in total. The maximum absolute atomic E-state index is 2.49. The fourth-order valence-electron chi connectivity index (χ4n) is 3.88. The number of hydrogen-bond donors (Lipinski definition) is 0. The molecule has 1 nitrogen and oxygen atoms in total. The summed E-state index contributed by atoms with van der Waals surface area (Å²) in [6.45, 7) is 9.19. The molecule has 1 aromatic heterocycles. The van der Waals surface area contributed by atoms with Gasteiger partial charge in [0, 0.05) is 11.1 Å². The lowest BCUT2D eigenvalue weighted by atomic mass is 10.0. The predicted octanol–water partition coefficient (Wildman–Crippen LogP) is 8.14. The van der Waals surface area contributed by atoms with Gasteiger partial charge < -0.3 is 0 Å².